The normalized spacial score (nSPS) is 18.8. The lowest BCUT2D eigenvalue weighted by Gasteiger charge is -2.43. The second-order valence-electron chi connectivity index (χ2n) is 6.22. The van der Waals surface area contributed by atoms with E-state index in [9.17, 15) is 13.6 Å². The molecule has 2 aromatic rings. The maximum atomic E-state index is 13.5. The molecule has 0 unspecified atom stereocenters. The lowest BCUT2D eigenvalue weighted by atomic mass is 9.75. The van der Waals surface area contributed by atoms with Gasteiger partial charge in [-0.15, -0.1) is 0 Å². The van der Waals surface area contributed by atoms with Crippen LogP contribution in [0.4, 0.5) is 20.2 Å². The molecule has 25 heavy (non-hydrogen) atoms. The van der Waals surface area contributed by atoms with Crippen LogP contribution in [0.25, 0.3) is 0 Å². The number of hydrogen-bond acceptors (Lipinski definition) is 2. The minimum atomic E-state index is -0.754. The molecular formula is C18H13ClF2N2OS. The van der Waals surface area contributed by atoms with Gasteiger partial charge in [-0.1, -0.05) is 11.6 Å². The smallest absolute Gasteiger partial charge is 0.259 e. The Morgan fingerprint density at radius 3 is 2.24 bits per heavy atom. The van der Waals surface area contributed by atoms with Gasteiger partial charge in [-0.2, -0.15) is 0 Å². The van der Waals surface area contributed by atoms with E-state index in [0.717, 1.165) is 6.42 Å². The van der Waals surface area contributed by atoms with Gasteiger partial charge in [0.25, 0.3) is 5.91 Å². The van der Waals surface area contributed by atoms with Crippen molar-refractivity contribution in [3.8, 4) is 0 Å². The van der Waals surface area contributed by atoms with Gasteiger partial charge in [0, 0.05) is 5.69 Å². The van der Waals surface area contributed by atoms with Crippen LogP contribution in [0.1, 0.15) is 19.3 Å². The van der Waals surface area contributed by atoms with E-state index in [4.69, 9.17) is 23.8 Å². The Balaban J connectivity index is 1.80. The number of halogens is 3. The van der Waals surface area contributed by atoms with Crippen LogP contribution in [0.15, 0.2) is 42.5 Å². The maximum Gasteiger partial charge on any atom is 0.259 e. The van der Waals surface area contributed by atoms with Crippen molar-refractivity contribution in [3.05, 3.63) is 59.1 Å². The molecule has 0 bridgehead atoms. The van der Waals surface area contributed by atoms with Crippen molar-refractivity contribution in [2.45, 2.75) is 24.8 Å². The van der Waals surface area contributed by atoms with Gasteiger partial charge in [0.05, 0.1) is 10.7 Å². The summed E-state index contributed by atoms with van der Waals surface area (Å²) < 4.78 is 26.8. The first-order valence-electron chi connectivity index (χ1n) is 7.83. The molecule has 1 heterocycles. The van der Waals surface area contributed by atoms with Crippen LogP contribution < -0.4 is 9.80 Å². The molecule has 0 aromatic heterocycles. The van der Waals surface area contributed by atoms with Crippen LogP contribution in [-0.4, -0.2) is 16.6 Å². The Bertz CT molecular complexity index is 883. The summed E-state index contributed by atoms with van der Waals surface area (Å²) in [6, 6.07) is 9.97. The molecule has 1 saturated heterocycles. The molecule has 1 aliphatic carbocycles. The van der Waals surface area contributed by atoms with Gasteiger partial charge in [-0.25, -0.2) is 8.78 Å². The first kappa shape index (κ1) is 16.4. The van der Waals surface area contributed by atoms with Gasteiger partial charge in [0.2, 0.25) is 0 Å². The number of carbonyl (C=O) groups is 1. The largest absolute Gasteiger partial charge is 0.303 e. The average molecular weight is 379 g/mol. The average Bonchev–Trinajstić information content (AvgIpc) is 2.78. The molecule has 3 nitrogen and oxygen atoms in total. The Kier molecular flexibility index (Phi) is 3.77. The SMILES string of the molecule is O=C1N(c2ccc(F)c(Cl)c2)C(=S)N(c2ccc(F)cc2)C12CCC2. The van der Waals surface area contributed by atoms with Crippen molar-refractivity contribution >= 4 is 46.2 Å². The van der Waals surface area contributed by atoms with Crippen LogP contribution in [0, 0.1) is 11.6 Å². The molecule has 0 atom stereocenters. The van der Waals surface area contributed by atoms with E-state index in [1.165, 1.54) is 35.2 Å². The van der Waals surface area contributed by atoms with Crippen LogP contribution >= 0.6 is 23.8 Å². The summed E-state index contributed by atoms with van der Waals surface area (Å²) in [5.74, 6) is -1.07. The van der Waals surface area contributed by atoms with Crippen molar-refractivity contribution in [2.24, 2.45) is 0 Å². The zero-order valence-corrected chi connectivity index (χ0v) is 14.6. The van der Waals surface area contributed by atoms with Crippen LogP contribution in [0.2, 0.25) is 5.02 Å². The van der Waals surface area contributed by atoms with E-state index in [-0.39, 0.29) is 16.7 Å². The third-order valence-corrected chi connectivity index (χ3v) is 5.49. The van der Waals surface area contributed by atoms with E-state index in [2.05, 4.69) is 0 Å². The van der Waals surface area contributed by atoms with E-state index in [1.54, 1.807) is 17.0 Å². The third kappa shape index (κ3) is 2.35. The summed E-state index contributed by atoms with van der Waals surface area (Å²) in [4.78, 5) is 16.3. The molecule has 1 saturated carbocycles. The van der Waals surface area contributed by atoms with Gasteiger partial charge in [-0.05, 0) is 73.9 Å². The molecule has 2 aromatic carbocycles. The standard InChI is InChI=1S/C18H13ClF2N2OS/c19-14-10-13(6-7-15(14)21)22-16(24)18(8-1-9-18)23(17(22)25)12-4-2-11(20)3-5-12/h2-7,10H,1,8-9H2. The van der Waals surface area contributed by atoms with Crippen molar-refractivity contribution in [1.82, 2.24) is 0 Å². The summed E-state index contributed by atoms with van der Waals surface area (Å²) in [6.07, 6.45) is 2.23. The number of benzene rings is 2. The monoisotopic (exact) mass is 378 g/mol. The van der Waals surface area contributed by atoms with Gasteiger partial charge < -0.3 is 4.90 Å². The van der Waals surface area contributed by atoms with Crippen LogP contribution in [0.3, 0.4) is 0 Å². The number of nitrogens with zero attached hydrogens (tertiary/aromatic N) is 2. The van der Waals surface area contributed by atoms with Crippen molar-refractivity contribution < 1.29 is 13.6 Å². The van der Waals surface area contributed by atoms with Crippen molar-refractivity contribution in [2.75, 3.05) is 9.80 Å². The Morgan fingerprint density at radius 1 is 1.04 bits per heavy atom. The summed E-state index contributed by atoms with van der Waals surface area (Å²) in [5, 5.41) is 0.218. The topological polar surface area (TPSA) is 23.6 Å². The molecule has 7 heteroatoms. The second kappa shape index (κ2) is 5.75. The van der Waals surface area contributed by atoms with Gasteiger partial charge in [-0.3, -0.25) is 9.69 Å². The number of anilines is 2. The van der Waals surface area contributed by atoms with E-state index >= 15 is 0 Å². The van der Waals surface area contributed by atoms with Crippen molar-refractivity contribution in [1.29, 1.82) is 0 Å². The lowest BCUT2D eigenvalue weighted by Crippen LogP contribution is -2.55. The highest BCUT2D eigenvalue weighted by Gasteiger charge is 2.59. The second-order valence-corrected chi connectivity index (χ2v) is 6.99. The zero-order valence-electron chi connectivity index (χ0n) is 13.0. The molecule has 0 radical (unpaired) electrons. The fraction of sp³-hybridized carbons (Fsp3) is 0.222. The predicted molar refractivity (Wildman–Crippen MR) is 97.0 cm³/mol. The first-order chi connectivity index (χ1) is 11.9. The molecule has 128 valence electrons. The fourth-order valence-corrected chi connectivity index (χ4v) is 4.07. The minimum Gasteiger partial charge on any atom is -0.303 e. The number of carbonyl (C=O) groups excluding carboxylic acids is 1. The molecule has 2 fully saturated rings. The highest BCUT2D eigenvalue weighted by Crippen LogP contribution is 2.47. The third-order valence-electron chi connectivity index (χ3n) is 4.84. The zero-order chi connectivity index (χ0) is 17.8. The summed E-state index contributed by atoms with van der Waals surface area (Å²) in [5.41, 5.74) is 0.336. The fourth-order valence-electron chi connectivity index (χ4n) is 3.42. The number of amides is 1. The number of rotatable bonds is 2. The van der Waals surface area contributed by atoms with Gasteiger partial charge in [0.15, 0.2) is 5.11 Å². The Morgan fingerprint density at radius 2 is 1.68 bits per heavy atom. The van der Waals surface area contributed by atoms with Crippen LogP contribution in [-0.2, 0) is 4.79 Å². The Labute approximate surface area is 153 Å². The molecule has 1 amide bonds. The predicted octanol–water partition coefficient (Wildman–Crippen LogP) is 4.68. The first-order valence-corrected chi connectivity index (χ1v) is 8.62. The van der Waals surface area contributed by atoms with Gasteiger partial charge in [0.1, 0.15) is 17.2 Å². The number of thiocarbonyl (C=S) groups is 1. The molecule has 1 aliphatic heterocycles. The van der Waals surface area contributed by atoms with E-state index < -0.39 is 11.4 Å². The molecule has 4 rings (SSSR count). The molecule has 1 spiro atoms. The maximum absolute atomic E-state index is 13.5. The molecule has 0 N–H and O–H groups in total. The quantitative estimate of drug-likeness (QED) is 0.709. The number of hydrogen-bond donors (Lipinski definition) is 0. The van der Waals surface area contributed by atoms with Crippen LogP contribution in [0.5, 0.6) is 0 Å². The summed E-state index contributed by atoms with van der Waals surface area (Å²) in [7, 11) is 0. The van der Waals surface area contributed by atoms with Crippen molar-refractivity contribution in [3.63, 3.8) is 0 Å². The highest BCUT2D eigenvalue weighted by molar-refractivity contribution is 7.81. The lowest BCUT2D eigenvalue weighted by molar-refractivity contribution is -0.123. The molecular weight excluding hydrogens is 366 g/mol. The van der Waals surface area contributed by atoms with E-state index in [1.807, 2.05) is 0 Å². The minimum absolute atomic E-state index is 0.0732. The summed E-state index contributed by atoms with van der Waals surface area (Å²) >= 11 is 11.4. The highest BCUT2D eigenvalue weighted by atomic mass is 35.5. The summed E-state index contributed by atoms with van der Waals surface area (Å²) in [6.45, 7) is 0. The van der Waals surface area contributed by atoms with E-state index in [0.29, 0.717) is 29.3 Å². The Hall–Kier alpha value is -2.05. The molecule has 2 aliphatic rings. The van der Waals surface area contributed by atoms with Gasteiger partial charge >= 0.3 is 0 Å².